The van der Waals surface area contributed by atoms with Crippen molar-refractivity contribution in [2.45, 2.75) is 19.9 Å². The van der Waals surface area contributed by atoms with Crippen molar-refractivity contribution in [1.29, 1.82) is 0 Å². The van der Waals surface area contributed by atoms with Crippen molar-refractivity contribution >= 4 is 6.01 Å². The molecule has 0 aliphatic rings. The largest absolute Gasteiger partial charge is 0.497 e. The average molecular weight is 276 g/mol. The number of aromatic nitrogens is 2. The highest BCUT2D eigenvalue weighted by molar-refractivity contribution is 5.29. The van der Waals surface area contributed by atoms with Crippen molar-refractivity contribution in [3.05, 3.63) is 35.7 Å². The normalized spacial score (nSPS) is 10.5. The fourth-order valence-corrected chi connectivity index (χ4v) is 1.77. The predicted molar refractivity (Wildman–Crippen MR) is 76.9 cm³/mol. The Balaban J connectivity index is 1.78. The van der Waals surface area contributed by atoms with E-state index in [2.05, 4.69) is 26.9 Å². The van der Waals surface area contributed by atoms with Gasteiger partial charge in [0, 0.05) is 6.54 Å². The molecule has 0 saturated carbocycles. The maximum Gasteiger partial charge on any atom is 0.315 e. The van der Waals surface area contributed by atoms with Crippen LogP contribution in [-0.4, -0.2) is 30.4 Å². The van der Waals surface area contributed by atoms with E-state index < -0.39 is 0 Å². The molecule has 1 aromatic carbocycles. The first-order valence-corrected chi connectivity index (χ1v) is 6.71. The molecular weight excluding hydrogens is 256 g/mol. The number of methoxy groups -OCH3 is 1. The third kappa shape index (κ3) is 4.24. The van der Waals surface area contributed by atoms with Gasteiger partial charge in [0.2, 0.25) is 5.89 Å². The first-order chi connectivity index (χ1) is 9.81. The minimum Gasteiger partial charge on any atom is -0.497 e. The molecule has 1 heterocycles. The second-order valence-corrected chi connectivity index (χ2v) is 4.31. The van der Waals surface area contributed by atoms with Gasteiger partial charge >= 0.3 is 6.01 Å². The molecule has 2 rings (SSSR count). The third-order valence-corrected chi connectivity index (χ3v) is 2.82. The monoisotopic (exact) mass is 276 g/mol. The zero-order chi connectivity index (χ0) is 14.2. The maximum absolute atomic E-state index is 5.45. The lowest BCUT2D eigenvalue weighted by Crippen LogP contribution is -2.11. The van der Waals surface area contributed by atoms with Crippen LogP contribution in [0.25, 0.3) is 0 Å². The Labute approximate surface area is 118 Å². The molecule has 0 amide bonds. The molecule has 0 spiro atoms. The van der Waals surface area contributed by atoms with Gasteiger partial charge in [-0.3, -0.25) is 0 Å². The number of nitrogens with one attached hydrogen (secondary N) is 2. The van der Waals surface area contributed by atoms with E-state index in [0.717, 1.165) is 25.3 Å². The van der Waals surface area contributed by atoms with Crippen LogP contribution in [0.2, 0.25) is 0 Å². The molecule has 0 atom stereocenters. The molecule has 2 aromatic rings. The fourth-order valence-electron chi connectivity index (χ4n) is 1.77. The SMILES string of the molecule is CCNCc1nnc(NCCc2cccc(OC)c2)o1. The zero-order valence-corrected chi connectivity index (χ0v) is 11.8. The molecular formula is C14H20N4O2. The minimum absolute atomic E-state index is 0.459. The van der Waals surface area contributed by atoms with Crippen LogP contribution in [0, 0.1) is 0 Å². The van der Waals surface area contributed by atoms with Crippen LogP contribution in [0.1, 0.15) is 18.4 Å². The van der Waals surface area contributed by atoms with Gasteiger partial charge in [0.15, 0.2) is 0 Å². The van der Waals surface area contributed by atoms with E-state index in [1.54, 1.807) is 7.11 Å². The Kier molecular flexibility index (Phi) is 5.37. The van der Waals surface area contributed by atoms with Crippen molar-refractivity contribution in [2.75, 3.05) is 25.5 Å². The Morgan fingerprint density at radius 2 is 2.20 bits per heavy atom. The van der Waals surface area contributed by atoms with Gasteiger partial charge < -0.3 is 19.8 Å². The zero-order valence-electron chi connectivity index (χ0n) is 11.8. The summed E-state index contributed by atoms with van der Waals surface area (Å²) in [6, 6.07) is 8.46. The van der Waals surface area contributed by atoms with E-state index in [9.17, 15) is 0 Å². The lowest BCUT2D eigenvalue weighted by atomic mass is 10.1. The standard InChI is InChI=1S/C14H20N4O2/c1-3-15-10-13-17-18-14(20-13)16-8-7-11-5-4-6-12(9-11)19-2/h4-6,9,15H,3,7-8,10H2,1-2H3,(H,16,18). The van der Waals surface area contributed by atoms with Gasteiger partial charge in [0.25, 0.3) is 0 Å². The molecule has 0 radical (unpaired) electrons. The highest BCUT2D eigenvalue weighted by atomic mass is 16.5. The van der Waals surface area contributed by atoms with Crippen LogP contribution >= 0.6 is 0 Å². The van der Waals surface area contributed by atoms with E-state index in [-0.39, 0.29) is 0 Å². The smallest absolute Gasteiger partial charge is 0.315 e. The van der Waals surface area contributed by atoms with E-state index in [4.69, 9.17) is 9.15 Å². The summed E-state index contributed by atoms with van der Waals surface area (Å²) in [7, 11) is 1.67. The maximum atomic E-state index is 5.45. The Morgan fingerprint density at radius 3 is 3.00 bits per heavy atom. The molecule has 0 aliphatic heterocycles. The average Bonchev–Trinajstić information content (AvgIpc) is 2.93. The van der Waals surface area contributed by atoms with Gasteiger partial charge in [-0.05, 0) is 30.7 Å². The number of hydrogen-bond acceptors (Lipinski definition) is 6. The molecule has 108 valence electrons. The second-order valence-electron chi connectivity index (χ2n) is 4.31. The van der Waals surface area contributed by atoms with Crippen molar-refractivity contribution in [3.8, 4) is 5.75 Å². The molecule has 0 bridgehead atoms. The molecule has 0 unspecified atom stereocenters. The molecule has 0 fully saturated rings. The van der Waals surface area contributed by atoms with Gasteiger partial charge in [-0.1, -0.05) is 24.2 Å². The van der Waals surface area contributed by atoms with Crippen molar-refractivity contribution in [2.24, 2.45) is 0 Å². The van der Waals surface area contributed by atoms with Crippen molar-refractivity contribution in [1.82, 2.24) is 15.5 Å². The lowest BCUT2D eigenvalue weighted by Gasteiger charge is -2.04. The van der Waals surface area contributed by atoms with Gasteiger partial charge in [-0.25, -0.2) is 0 Å². The van der Waals surface area contributed by atoms with E-state index in [1.165, 1.54) is 5.56 Å². The first-order valence-electron chi connectivity index (χ1n) is 6.71. The van der Waals surface area contributed by atoms with Crippen LogP contribution in [-0.2, 0) is 13.0 Å². The van der Waals surface area contributed by atoms with Gasteiger partial charge in [-0.2, -0.15) is 0 Å². The highest BCUT2D eigenvalue weighted by Gasteiger charge is 2.04. The van der Waals surface area contributed by atoms with Crippen molar-refractivity contribution < 1.29 is 9.15 Å². The summed E-state index contributed by atoms with van der Waals surface area (Å²) in [5.41, 5.74) is 1.20. The molecule has 0 saturated heterocycles. The number of benzene rings is 1. The Morgan fingerprint density at radius 1 is 1.30 bits per heavy atom. The van der Waals surface area contributed by atoms with Gasteiger partial charge in [0.05, 0.1) is 13.7 Å². The van der Waals surface area contributed by atoms with Gasteiger partial charge in [-0.15, -0.1) is 5.10 Å². The summed E-state index contributed by atoms with van der Waals surface area (Å²) in [5, 5.41) is 14.1. The summed E-state index contributed by atoms with van der Waals surface area (Å²) in [5.74, 6) is 1.46. The minimum atomic E-state index is 0.459. The molecule has 6 heteroatoms. The molecule has 20 heavy (non-hydrogen) atoms. The van der Waals surface area contributed by atoms with E-state index in [1.807, 2.05) is 25.1 Å². The lowest BCUT2D eigenvalue weighted by molar-refractivity contribution is 0.414. The summed E-state index contributed by atoms with van der Waals surface area (Å²) in [6.45, 7) is 4.24. The predicted octanol–water partition coefficient (Wildman–Crippen LogP) is 1.84. The quantitative estimate of drug-likeness (QED) is 0.766. The summed E-state index contributed by atoms with van der Waals surface area (Å²) in [6.07, 6.45) is 0.863. The van der Waals surface area contributed by atoms with E-state index in [0.29, 0.717) is 18.5 Å². The first kappa shape index (κ1) is 14.3. The Hall–Kier alpha value is -2.08. The number of nitrogens with zero attached hydrogens (tertiary/aromatic N) is 2. The molecule has 1 aromatic heterocycles. The van der Waals surface area contributed by atoms with Crippen LogP contribution in [0.5, 0.6) is 5.75 Å². The third-order valence-electron chi connectivity index (χ3n) is 2.82. The molecule has 2 N–H and O–H groups in total. The second kappa shape index (κ2) is 7.49. The summed E-state index contributed by atoms with van der Waals surface area (Å²) < 4.78 is 10.6. The van der Waals surface area contributed by atoms with Crippen molar-refractivity contribution in [3.63, 3.8) is 0 Å². The Bertz CT molecular complexity index is 527. The van der Waals surface area contributed by atoms with Crippen LogP contribution in [0.3, 0.4) is 0 Å². The fraction of sp³-hybridized carbons (Fsp3) is 0.429. The topological polar surface area (TPSA) is 72.2 Å². The number of ether oxygens (including phenoxy) is 1. The summed E-state index contributed by atoms with van der Waals surface area (Å²) >= 11 is 0. The van der Waals surface area contributed by atoms with E-state index >= 15 is 0 Å². The molecule has 0 aliphatic carbocycles. The van der Waals surface area contributed by atoms with Crippen LogP contribution in [0.4, 0.5) is 6.01 Å². The number of anilines is 1. The van der Waals surface area contributed by atoms with Gasteiger partial charge in [0.1, 0.15) is 5.75 Å². The number of rotatable bonds is 8. The summed E-state index contributed by atoms with van der Waals surface area (Å²) in [4.78, 5) is 0. The highest BCUT2D eigenvalue weighted by Crippen LogP contribution is 2.13. The number of hydrogen-bond donors (Lipinski definition) is 2. The molecule has 6 nitrogen and oxygen atoms in total. The van der Waals surface area contributed by atoms with Crippen LogP contribution in [0.15, 0.2) is 28.7 Å². The van der Waals surface area contributed by atoms with Crippen LogP contribution < -0.4 is 15.4 Å².